The Morgan fingerprint density at radius 3 is 2.76 bits per heavy atom. The van der Waals surface area contributed by atoms with Crippen LogP contribution in [0.3, 0.4) is 0 Å². The van der Waals surface area contributed by atoms with Gasteiger partial charge in [-0.1, -0.05) is 12.1 Å². The molecule has 2 aromatic heterocycles. The van der Waals surface area contributed by atoms with Gasteiger partial charge in [0.05, 0.1) is 35.0 Å². The maximum Gasteiger partial charge on any atom is 0.416 e. The van der Waals surface area contributed by atoms with E-state index in [1.165, 1.54) is 17.4 Å². The summed E-state index contributed by atoms with van der Waals surface area (Å²) >= 11 is 1.50. The van der Waals surface area contributed by atoms with E-state index in [0.717, 1.165) is 22.8 Å². The molecule has 0 spiro atoms. The van der Waals surface area contributed by atoms with Gasteiger partial charge in [-0.05, 0) is 31.2 Å². The Kier molecular flexibility index (Phi) is 4.99. The quantitative estimate of drug-likeness (QED) is 0.629. The fourth-order valence-electron chi connectivity index (χ4n) is 3.07. The van der Waals surface area contributed by atoms with Gasteiger partial charge in [0, 0.05) is 10.9 Å². The highest BCUT2D eigenvalue weighted by molar-refractivity contribution is 7.09. The Morgan fingerprint density at radius 2 is 2.03 bits per heavy atom. The number of carbonyl (C=O) groups excluding carboxylic acids is 1. The summed E-state index contributed by atoms with van der Waals surface area (Å²) in [5.41, 5.74) is 1.27. The molecule has 0 atom stereocenters. The molecule has 5 nitrogen and oxygen atoms in total. The fourth-order valence-corrected chi connectivity index (χ4v) is 3.67. The number of pyridine rings is 1. The zero-order valence-corrected chi connectivity index (χ0v) is 16.2. The molecule has 3 aromatic rings. The average Bonchev–Trinajstić information content (AvgIpc) is 3.03. The number of aromatic nitrogens is 2. The van der Waals surface area contributed by atoms with Crippen molar-refractivity contribution >= 4 is 17.2 Å². The molecule has 4 rings (SSSR count). The largest absolute Gasteiger partial charge is 0.482 e. The van der Waals surface area contributed by atoms with Gasteiger partial charge in [-0.25, -0.2) is 9.97 Å². The predicted octanol–water partition coefficient (Wildman–Crippen LogP) is 4.45. The summed E-state index contributed by atoms with van der Waals surface area (Å²) in [5, 5.41) is 2.80. The highest BCUT2D eigenvalue weighted by Gasteiger charge is 2.30. The maximum absolute atomic E-state index is 13.0. The summed E-state index contributed by atoms with van der Waals surface area (Å²) < 4.78 is 44.6. The molecule has 150 valence electrons. The first kappa shape index (κ1) is 19.4. The maximum atomic E-state index is 13.0. The first-order valence-electron chi connectivity index (χ1n) is 8.79. The van der Waals surface area contributed by atoms with Crippen LogP contribution >= 0.6 is 11.3 Å². The van der Waals surface area contributed by atoms with Crippen molar-refractivity contribution in [3.05, 3.63) is 63.7 Å². The highest BCUT2D eigenvalue weighted by Crippen LogP contribution is 2.33. The third kappa shape index (κ3) is 4.24. The molecular weight excluding hydrogens is 403 g/mol. The lowest BCUT2D eigenvalue weighted by atomic mass is 10.1. The van der Waals surface area contributed by atoms with Gasteiger partial charge in [0.2, 0.25) is 0 Å². The van der Waals surface area contributed by atoms with E-state index < -0.39 is 11.7 Å². The van der Waals surface area contributed by atoms with Crippen LogP contribution in [0.15, 0.2) is 41.8 Å². The number of alkyl halides is 3. The van der Waals surface area contributed by atoms with Crippen LogP contribution in [0.2, 0.25) is 0 Å². The standard InChI is InChI=1S/C20H16F3N3O2S/c1-12-24-15(11-29-12)8-26-9-17-18(28-10-19(26)27)6-5-16(25-17)13-3-2-4-14(7-13)20(21,22)23/h2-7,11H,8-10H2,1H3. The molecule has 0 bridgehead atoms. The minimum atomic E-state index is -4.43. The van der Waals surface area contributed by atoms with Gasteiger partial charge < -0.3 is 9.64 Å². The zero-order chi connectivity index (χ0) is 20.6. The normalized spacial score (nSPS) is 14.3. The van der Waals surface area contributed by atoms with Crippen molar-refractivity contribution in [3.8, 4) is 17.0 Å². The van der Waals surface area contributed by atoms with Crippen molar-refractivity contribution in [2.45, 2.75) is 26.2 Å². The van der Waals surface area contributed by atoms with Crippen LogP contribution < -0.4 is 4.74 Å². The Balaban J connectivity index is 1.64. The van der Waals surface area contributed by atoms with Crippen LogP contribution in [0.25, 0.3) is 11.3 Å². The summed E-state index contributed by atoms with van der Waals surface area (Å²) in [7, 11) is 0. The number of amides is 1. The molecule has 3 heterocycles. The minimum Gasteiger partial charge on any atom is -0.482 e. The number of aryl methyl sites for hydroxylation is 1. The minimum absolute atomic E-state index is 0.124. The summed E-state index contributed by atoms with van der Waals surface area (Å²) in [6.07, 6.45) is -4.43. The molecule has 0 aliphatic carbocycles. The third-order valence-electron chi connectivity index (χ3n) is 4.48. The van der Waals surface area contributed by atoms with Gasteiger partial charge in [-0.3, -0.25) is 4.79 Å². The lowest BCUT2D eigenvalue weighted by molar-refractivity contribution is -0.137. The van der Waals surface area contributed by atoms with Crippen molar-refractivity contribution < 1.29 is 22.7 Å². The van der Waals surface area contributed by atoms with Gasteiger partial charge in [0.15, 0.2) is 6.61 Å². The van der Waals surface area contributed by atoms with E-state index in [0.29, 0.717) is 29.2 Å². The van der Waals surface area contributed by atoms with E-state index >= 15 is 0 Å². The average molecular weight is 419 g/mol. The van der Waals surface area contributed by atoms with Crippen LogP contribution in [0.5, 0.6) is 5.75 Å². The van der Waals surface area contributed by atoms with E-state index in [1.54, 1.807) is 23.1 Å². The number of fused-ring (bicyclic) bond motifs is 1. The SMILES string of the molecule is Cc1nc(CN2Cc3nc(-c4cccc(C(F)(F)F)c4)ccc3OCC2=O)cs1. The van der Waals surface area contributed by atoms with E-state index in [-0.39, 0.29) is 19.1 Å². The van der Waals surface area contributed by atoms with E-state index in [4.69, 9.17) is 4.74 Å². The number of ether oxygens (including phenoxy) is 1. The number of hydrogen-bond acceptors (Lipinski definition) is 5. The van der Waals surface area contributed by atoms with Gasteiger partial charge >= 0.3 is 6.18 Å². The van der Waals surface area contributed by atoms with Crippen LogP contribution in [-0.2, 0) is 24.1 Å². The van der Waals surface area contributed by atoms with E-state index in [2.05, 4.69) is 9.97 Å². The Bertz CT molecular complexity index is 1070. The monoisotopic (exact) mass is 419 g/mol. The van der Waals surface area contributed by atoms with E-state index in [9.17, 15) is 18.0 Å². The first-order chi connectivity index (χ1) is 13.8. The number of hydrogen-bond donors (Lipinski definition) is 0. The molecule has 0 radical (unpaired) electrons. The van der Waals surface area contributed by atoms with Crippen LogP contribution in [-0.4, -0.2) is 27.4 Å². The molecular formula is C20H16F3N3O2S. The van der Waals surface area contributed by atoms with Crippen molar-refractivity contribution in [3.63, 3.8) is 0 Å². The number of benzene rings is 1. The van der Waals surface area contributed by atoms with Crippen molar-refractivity contribution in [1.82, 2.24) is 14.9 Å². The van der Waals surface area contributed by atoms with Crippen LogP contribution in [0.4, 0.5) is 13.2 Å². The van der Waals surface area contributed by atoms with Crippen LogP contribution in [0.1, 0.15) is 22.0 Å². The van der Waals surface area contributed by atoms with Crippen molar-refractivity contribution in [2.75, 3.05) is 6.61 Å². The smallest absolute Gasteiger partial charge is 0.416 e. The molecule has 1 amide bonds. The number of nitrogens with zero attached hydrogens (tertiary/aromatic N) is 3. The number of halogens is 3. The molecule has 0 fully saturated rings. The topological polar surface area (TPSA) is 55.3 Å². The molecule has 0 saturated heterocycles. The Labute approximate surface area is 168 Å². The lowest BCUT2D eigenvalue weighted by Gasteiger charge is -2.18. The molecule has 1 aromatic carbocycles. The number of rotatable bonds is 3. The second-order valence-corrected chi connectivity index (χ2v) is 7.68. The summed E-state index contributed by atoms with van der Waals surface area (Å²) in [6, 6.07) is 8.24. The van der Waals surface area contributed by atoms with Gasteiger partial charge in [-0.15, -0.1) is 11.3 Å². The van der Waals surface area contributed by atoms with Gasteiger partial charge in [0.25, 0.3) is 5.91 Å². The first-order valence-corrected chi connectivity index (χ1v) is 9.67. The zero-order valence-electron chi connectivity index (χ0n) is 15.4. The molecule has 0 saturated carbocycles. The Morgan fingerprint density at radius 1 is 1.21 bits per heavy atom. The van der Waals surface area contributed by atoms with E-state index in [1.807, 2.05) is 12.3 Å². The summed E-state index contributed by atoms with van der Waals surface area (Å²) in [4.78, 5) is 22.9. The van der Waals surface area contributed by atoms with Crippen molar-refractivity contribution in [1.29, 1.82) is 0 Å². The molecule has 1 aliphatic rings. The molecule has 9 heteroatoms. The predicted molar refractivity (Wildman–Crippen MR) is 101 cm³/mol. The molecule has 0 unspecified atom stereocenters. The number of carbonyl (C=O) groups is 1. The summed E-state index contributed by atoms with van der Waals surface area (Å²) in [5.74, 6) is 0.250. The number of thiazole rings is 1. The lowest BCUT2D eigenvalue weighted by Crippen LogP contribution is -2.32. The second kappa shape index (κ2) is 7.47. The highest BCUT2D eigenvalue weighted by atomic mass is 32.1. The van der Waals surface area contributed by atoms with Crippen LogP contribution in [0, 0.1) is 6.92 Å². The second-order valence-electron chi connectivity index (χ2n) is 6.62. The van der Waals surface area contributed by atoms with Gasteiger partial charge in [0.1, 0.15) is 11.4 Å². The van der Waals surface area contributed by atoms with Crippen molar-refractivity contribution in [2.24, 2.45) is 0 Å². The fraction of sp³-hybridized carbons (Fsp3) is 0.250. The molecule has 1 aliphatic heterocycles. The molecule has 0 N–H and O–H groups in total. The van der Waals surface area contributed by atoms with Gasteiger partial charge in [-0.2, -0.15) is 13.2 Å². The third-order valence-corrected chi connectivity index (χ3v) is 5.30. The summed E-state index contributed by atoms with van der Waals surface area (Å²) in [6.45, 7) is 2.28. The molecule has 29 heavy (non-hydrogen) atoms. The Hall–Kier alpha value is -2.94.